The van der Waals surface area contributed by atoms with Gasteiger partial charge in [-0.05, 0) is 36.4 Å². The molecular formula is C21H20N6O2. The highest BCUT2D eigenvalue weighted by molar-refractivity contribution is 5.66. The van der Waals surface area contributed by atoms with Gasteiger partial charge in [-0.2, -0.15) is 10.2 Å². The number of nitriles is 1. The molecule has 0 saturated carbocycles. The summed E-state index contributed by atoms with van der Waals surface area (Å²) in [6, 6.07) is 17.3. The van der Waals surface area contributed by atoms with Crippen molar-refractivity contribution in [1.82, 2.24) is 15.0 Å². The van der Waals surface area contributed by atoms with Gasteiger partial charge in [0.25, 0.3) is 0 Å². The van der Waals surface area contributed by atoms with Crippen LogP contribution in [0.5, 0.6) is 0 Å². The minimum atomic E-state index is -0.151. The van der Waals surface area contributed by atoms with Crippen LogP contribution in [0.3, 0.4) is 0 Å². The summed E-state index contributed by atoms with van der Waals surface area (Å²) >= 11 is 0. The van der Waals surface area contributed by atoms with Gasteiger partial charge in [-0.25, -0.2) is 9.97 Å². The summed E-state index contributed by atoms with van der Waals surface area (Å²) < 4.78 is 5.50. The predicted molar refractivity (Wildman–Crippen MR) is 109 cm³/mol. The largest absolute Gasteiger partial charge is 0.394 e. The molecule has 8 nitrogen and oxygen atoms in total. The molecule has 1 saturated heterocycles. The molecule has 1 aliphatic rings. The van der Waals surface area contributed by atoms with E-state index in [1.54, 1.807) is 12.1 Å². The number of aliphatic hydroxyl groups excluding tert-OH is 1. The molecule has 0 aliphatic carbocycles. The van der Waals surface area contributed by atoms with Crippen LogP contribution in [0.2, 0.25) is 0 Å². The van der Waals surface area contributed by atoms with Gasteiger partial charge >= 0.3 is 0 Å². The van der Waals surface area contributed by atoms with E-state index in [1.165, 1.54) is 6.33 Å². The first-order valence-electron chi connectivity index (χ1n) is 9.30. The van der Waals surface area contributed by atoms with Gasteiger partial charge in [0, 0.05) is 30.0 Å². The van der Waals surface area contributed by atoms with Crippen molar-refractivity contribution >= 4 is 17.3 Å². The van der Waals surface area contributed by atoms with Gasteiger partial charge in [0.2, 0.25) is 5.95 Å². The highest BCUT2D eigenvalue weighted by Gasteiger charge is 2.19. The van der Waals surface area contributed by atoms with E-state index >= 15 is 0 Å². The fourth-order valence-corrected chi connectivity index (χ4v) is 3.21. The minimum Gasteiger partial charge on any atom is -0.394 e. The molecular weight excluding hydrogens is 368 g/mol. The minimum absolute atomic E-state index is 0.0206. The van der Waals surface area contributed by atoms with Crippen molar-refractivity contribution in [2.45, 2.75) is 6.10 Å². The quantitative estimate of drug-likeness (QED) is 0.686. The Morgan fingerprint density at radius 2 is 2.00 bits per heavy atom. The summed E-state index contributed by atoms with van der Waals surface area (Å²) in [6.45, 7) is 2.08. The average molecular weight is 388 g/mol. The molecule has 0 bridgehead atoms. The number of nitrogens with one attached hydrogen (secondary N) is 1. The first-order valence-corrected chi connectivity index (χ1v) is 9.30. The van der Waals surface area contributed by atoms with Crippen molar-refractivity contribution in [2.24, 2.45) is 0 Å². The molecule has 1 aliphatic heterocycles. The summed E-state index contributed by atoms with van der Waals surface area (Å²) in [6.07, 6.45) is 1.28. The molecule has 2 N–H and O–H groups in total. The summed E-state index contributed by atoms with van der Waals surface area (Å²) in [5.41, 5.74) is 3.09. The van der Waals surface area contributed by atoms with E-state index in [2.05, 4.69) is 31.2 Å². The number of aromatic nitrogens is 3. The molecule has 0 unspecified atom stereocenters. The van der Waals surface area contributed by atoms with E-state index in [9.17, 15) is 10.4 Å². The van der Waals surface area contributed by atoms with Crippen LogP contribution >= 0.6 is 0 Å². The first kappa shape index (κ1) is 18.8. The second-order valence-corrected chi connectivity index (χ2v) is 6.58. The number of rotatable bonds is 5. The molecule has 3 aromatic rings. The fourth-order valence-electron chi connectivity index (χ4n) is 3.21. The molecule has 0 spiro atoms. The van der Waals surface area contributed by atoms with Crippen LogP contribution in [0.1, 0.15) is 5.56 Å². The molecule has 2 heterocycles. The van der Waals surface area contributed by atoms with Crippen LogP contribution in [0.15, 0.2) is 54.9 Å². The van der Waals surface area contributed by atoms with E-state index in [0.29, 0.717) is 36.1 Å². The van der Waals surface area contributed by atoms with Crippen LogP contribution in [-0.4, -0.2) is 52.5 Å². The maximum Gasteiger partial charge on any atom is 0.230 e. The number of aliphatic hydroxyl groups is 1. The number of nitrogens with zero attached hydrogens (tertiary/aromatic N) is 5. The van der Waals surface area contributed by atoms with Crippen molar-refractivity contribution in [1.29, 1.82) is 5.26 Å². The SMILES string of the molecule is N#Cc1ccccc1-c1ncnc(Nc2ccc(N3CCO[C@@H](CO)C3)cc2)n1. The molecule has 8 heteroatoms. The maximum atomic E-state index is 9.30. The summed E-state index contributed by atoms with van der Waals surface area (Å²) in [5, 5.41) is 21.8. The van der Waals surface area contributed by atoms with E-state index in [-0.39, 0.29) is 12.7 Å². The fraction of sp³-hybridized carbons (Fsp3) is 0.238. The lowest BCUT2D eigenvalue weighted by Gasteiger charge is -2.33. The number of hydrogen-bond acceptors (Lipinski definition) is 8. The number of benzene rings is 2. The standard InChI is InChI=1S/C21H20N6O2/c22-11-15-3-1-2-4-19(15)20-23-14-24-21(26-20)25-16-5-7-17(8-6-16)27-9-10-29-18(12-27)13-28/h1-8,14,18,28H,9-10,12-13H2,(H,23,24,25,26)/t18-/m1/s1. The Morgan fingerprint density at radius 3 is 2.79 bits per heavy atom. The topological polar surface area (TPSA) is 107 Å². The molecule has 0 amide bonds. The van der Waals surface area contributed by atoms with E-state index in [0.717, 1.165) is 17.9 Å². The zero-order chi connectivity index (χ0) is 20.1. The monoisotopic (exact) mass is 388 g/mol. The third kappa shape index (κ3) is 4.32. The van der Waals surface area contributed by atoms with E-state index < -0.39 is 0 Å². The molecule has 1 aromatic heterocycles. The zero-order valence-electron chi connectivity index (χ0n) is 15.7. The van der Waals surface area contributed by atoms with Gasteiger partial charge in [-0.1, -0.05) is 12.1 Å². The number of ether oxygens (including phenoxy) is 1. The van der Waals surface area contributed by atoms with Crippen molar-refractivity contribution in [3.63, 3.8) is 0 Å². The Hall–Kier alpha value is -3.54. The summed E-state index contributed by atoms with van der Waals surface area (Å²) in [7, 11) is 0. The number of hydrogen-bond donors (Lipinski definition) is 2. The van der Waals surface area contributed by atoms with Crippen molar-refractivity contribution in [3.05, 3.63) is 60.4 Å². The Labute approximate surface area is 168 Å². The van der Waals surface area contributed by atoms with Gasteiger partial charge in [-0.3, -0.25) is 0 Å². The lowest BCUT2D eigenvalue weighted by molar-refractivity contribution is 0.00357. The van der Waals surface area contributed by atoms with Crippen molar-refractivity contribution in [2.75, 3.05) is 36.5 Å². The average Bonchev–Trinajstić information content (AvgIpc) is 2.80. The Bertz CT molecular complexity index is 1020. The lowest BCUT2D eigenvalue weighted by Crippen LogP contribution is -2.44. The summed E-state index contributed by atoms with van der Waals surface area (Å²) in [5.74, 6) is 0.849. The van der Waals surface area contributed by atoms with Crippen molar-refractivity contribution in [3.8, 4) is 17.5 Å². The van der Waals surface area contributed by atoms with Crippen LogP contribution < -0.4 is 10.2 Å². The van der Waals surface area contributed by atoms with Gasteiger partial charge in [-0.15, -0.1) is 0 Å². The van der Waals surface area contributed by atoms with Gasteiger partial charge < -0.3 is 20.1 Å². The molecule has 2 aromatic carbocycles. The molecule has 0 radical (unpaired) electrons. The molecule has 1 atom stereocenters. The van der Waals surface area contributed by atoms with Crippen LogP contribution in [0.4, 0.5) is 17.3 Å². The smallest absolute Gasteiger partial charge is 0.230 e. The molecule has 4 rings (SSSR count). The number of anilines is 3. The van der Waals surface area contributed by atoms with Gasteiger partial charge in [0.15, 0.2) is 5.82 Å². The Kier molecular flexibility index (Phi) is 5.61. The third-order valence-electron chi connectivity index (χ3n) is 4.69. The lowest BCUT2D eigenvalue weighted by atomic mass is 10.1. The van der Waals surface area contributed by atoms with Gasteiger partial charge in [0.05, 0.1) is 31.0 Å². The zero-order valence-corrected chi connectivity index (χ0v) is 15.7. The second-order valence-electron chi connectivity index (χ2n) is 6.58. The predicted octanol–water partition coefficient (Wildman–Crippen LogP) is 2.35. The molecule has 146 valence electrons. The highest BCUT2D eigenvalue weighted by Crippen LogP contribution is 2.23. The first-order chi connectivity index (χ1) is 14.3. The van der Waals surface area contributed by atoms with Crippen LogP contribution in [0, 0.1) is 11.3 Å². The summed E-state index contributed by atoms with van der Waals surface area (Å²) in [4.78, 5) is 15.0. The Balaban J connectivity index is 1.49. The van der Waals surface area contributed by atoms with Crippen LogP contribution in [0.25, 0.3) is 11.4 Å². The maximum absolute atomic E-state index is 9.30. The van der Waals surface area contributed by atoms with E-state index in [4.69, 9.17) is 4.74 Å². The number of morpholine rings is 1. The second kappa shape index (κ2) is 8.65. The van der Waals surface area contributed by atoms with Gasteiger partial charge in [0.1, 0.15) is 6.33 Å². The highest BCUT2D eigenvalue weighted by atomic mass is 16.5. The molecule has 1 fully saturated rings. The third-order valence-corrected chi connectivity index (χ3v) is 4.69. The normalized spacial score (nSPS) is 16.3. The van der Waals surface area contributed by atoms with Crippen LogP contribution in [-0.2, 0) is 4.74 Å². The molecule has 29 heavy (non-hydrogen) atoms. The van der Waals surface area contributed by atoms with Crippen molar-refractivity contribution < 1.29 is 9.84 Å². The Morgan fingerprint density at radius 1 is 1.17 bits per heavy atom. The van der Waals surface area contributed by atoms with E-state index in [1.807, 2.05) is 36.4 Å².